The summed E-state index contributed by atoms with van der Waals surface area (Å²) in [5.41, 5.74) is 0.277. The van der Waals surface area contributed by atoms with E-state index in [0.717, 1.165) is 18.2 Å². The minimum atomic E-state index is -0.749. The fraction of sp³-hybridized carbons (Fsp3) is 0. The molecule has 0 fully saturated rings. The van der Waals surface area contributed by atoms with Gasteiger partial charge in [-0.1, -0.05) is 12.1 Å². The van der Waals surface area contributed by atoms with Gasteiger partial charge in [0.1, 0.15) is 17.5 Å². The van der Waals surface area contributed by atoms with Crippen LogP contribution >= 0.6 is 0 Å². The number of halogens is 3. The SMILES string of the molecule is O=C(N/C=C/c1cccc(F)c1)Nc1cc(F)ccc1F. The predicted molar refractivity (Wildman–Crippen MR) is 73.9 cm³/mol. The summed E-state index contributed by atoms with van der Waals surface area (Å²) in [5, 5.41) is 4.46. The zero-order valence-electron chi connectivity index (χ0n) is 10.7. The second-order valence-electron chi connectivity index (χ2n) is 4.11. The quantitative estimate of drug-likeness (QED) is 0.885. The number of nitrogens with one attached hydrogen (secondary N) is 2. The minimum absolute atomic E-state index is 0.272. The molecule has 0 aliphatic carbocycles. The maximum Gasteiger partial charge on any atom is 0.323 e. The maximum atomic E-state index is 13.3. The van der Waals surface area contributed by atoms with Crippen molar-refractivity contribution in [2.75, 3.05) is 5.32 Å². The smallest absolute Gasteiger partial charge is 0.314 e. The fourth-order valence-electron chi connectivity index (χ4n) is 1.58. The average molecular weight is 292 g/mol. The molecule has 2 N–H and O–H groups in total. The molecular weight excluding hydrogens is 281 g/mol. The Morgan fingerprint density at radius 1 is 1.00 bits per heavy atom. The summed E-state index contributed by atoms with van der Waals surface area (Å²) >= 11 is 0. The van der Waals surface area contributed by atoms with E-state index >= 15 is 0 Å². The summed E-state index contributed by atoms with van der Waals surface area (Å²) in [5.74, 6) is -1.81. The number of anilines is 1. The van der Waals surface area contributed by atoms with Crippen molar-refractivity contribution in [1.82, 2.24) is 5.32 Å². The largest absolute Gasteiger partial charge is 0.323 e. The van der Waals surface area contributed by atoms with Crippen molar-refractivity contribution in [2.24, 2.45) is 0 Å². The molecule has 3 nitrogen and oxygen atoms in total. The molecule has 0 bridgehead atoms. The molecule has 0 radical (unpaired) electrons. The Labute approximate surface area is 119 Å². The number of urea groups is 1. The number of rotatable bonds is 3. The molecule has 0 unspecified atom stereocenters. The van der Waals surface area contributed by atoms with Crippen molar-refractivity contribution in [1.29, 1.82) is 0 Å². The lowest BCUT2D eigenvalue weighted by molar-refractivity contribution is 0.255. The average Bonchev–Trinajstić information content (AvgIpc) is 2.43. The Balaban J connectivity index is 1.94. The number of amides is 2. The topological polar surface area (TPSA) is 41.1 Å². The molecule has 0 aromatic heterocycles. The Kier molecular flexibility index (Phi) is 4.61. The summed E-state index contributed by atoms with van der Waals surface area (Å²) in [6.07, 6.45) is 2.73. The molecule has 0 heterocycles. The van der Waals surface area contributed by atoms with Crippen LogP contribution in [-0.2, 0) is 0 Å². The third-order valence-electron chi connectivity index (χ3n) is 2.52. The molecule has 0 aliphatic heterocycles. The van der Waals surface area contributed by atoms with E-state index in [1.807, 2.05) is 0 Å². The van der Waals surface area contributed by atoms with Crippen molar-refractivity contribution >= 4 is 17.8 Å². The monoisotopic (exact) mass is 292 g/mol. The minimum Gasteiger partial charge on any atom is -0.314 e. The normalized spacial score (nSPS) is 10.6. The standard InChI is InChI=1S/C15H11F3N2O/c16-11-3-1-2-10(8-11)6-7-19-15(21)20-14-9-12(17)4-5-13(14)18/h1-9H,(H2,19,20,21)/b7-6+. The van der Waals surface area contributed by atoms with Crippen molar-refractivity contribution in [3.8, 4) is 0 Å². The van der Waals surface area contributed by atoms with E-state index in [1.165, 1.54) is 30.5 Å². The van der Waals surface area contributed by atoms with Gasteiger partial charge in [-0.2, -0.15) is 0 Å². The summed E-state index contributed by atoms with van der Waals surface area (Å²) in [6, 6.07) is 7.73. The molecule has 0 saturated heterocycles. The Morgan fingerprint density at radius 3 is 2.52 bits per heavy atom. The molecule has 0 saturated carbocycles. The molecule has 0 aliphatic rings. The Morgan fingerprint density at radius 2 is 1.76 bits per heavy atom. The predicted octanol–water partition coefficient (Wildman–Crippen LogP) is 3.90. The third kappa shape index (κ3) is 4.38. The van der Waals surface area contributed by atoms with Crippen molar-refractivity contribution in [3.05, 3.63) is 71.7 Å². The molecular formula is C15H11F3N2O. The highest BCUT2D eigenvalue weighted by atomic mass is 19.1. The van der Waals surface area contributed by atoms with Gasteiger partial charge in [-0.15, -0.1) is 0 Å². The van der Waals surface area contributed by atoms with E-state index in [9.17, 15) is 18.0 Å². The van der Waals surface area contributed by atoms with E-state index in [1.54, 1.807) is 6.07 Å². The Hall–Kier alpha value is -2.76. The Bertz CT molecular complexity index is 686. The van der Waals surface area contributed by atoms with Gasteiger partial charge in [-0.25, -0.2) is 18.0 Å². The highest BCUT2D eigenvalue weighted by molar-refractivity contribution is 5.90. The van der Waals surface area contributed by atoms with E-state index in [-0.39, 0.29) is 5.69 Å². The lowest BCUT2D eigenvalue weighted by Gasteiger charge is -2.05. The molecule has 2 aromatic rings. The summed E-state index contributed by atoms with van der Waals surface area (Å²) in [6.45, 7) is 0. The number of hydrogen-bond acceptors (Lipinski definition) is 1. The maximum absolute atomic E-state index is 13.3. The first-order valence-corrected chi connectivity index (χ1v) is 5.99. The van der Waals surface area contributed by atoms with Gasteiger partial charge in [0.25, 0.3) is 0 Å². The first-order valence-electron chi connectivity index (χ1n) is 5.99. The first kappa shape index (κ1) is 14.6. The van der Waals surface area contributed by atoms with Crippen LogP contribution in [0.1, 0.15) is 5.56 Å². The number of benzene rings is 2. The lowest BCUT2D eigenvalue weighted by atomic mass is 10.2. The zero-order chi connectivity index (χ0) is 15.2. The molecule has 0 atom stereocenters. The second-order valence-corrected chi connectivity index (χ2v) is 4.11. The van der Waals surface area contributed by atoms with Crippen LogP contribution in [0.5, 0.6) is 0 Å². The van der Waals surface area contributed by atoms with Crippen LogP contribution in [0, 0.1) is 17.5 Å². The van der Waals surface area contributed by atoms with Gasteiger partial charge < -0.3 is 10.6 Å². The van der Waals surface area contributed by atoms with E-state index < -0.39 is 23.5 Å². The number of carbonyl (C=O) groups is 1. The lowest BCUT2D eigenvalue weighted by Crippen LogP contribution is -2.24. The highest BCUT2D eigenvalue weighted by Gasteiger charge is 2.06. The van der Waals surface area contributed by atoms with Crippen LogP contribution < -0.4 is 10.6 Å². The van der Waals surface area contributed by atoms with Gasteiger partial charge in [0.05, 0.1) is 5.69 Å². The molecule has 108 valence electrons. The summed E-state index contributed by atoms with van der Waals surface area (Å²) in [4.78, 5) is 11.5. The van der Waals surface area contributed by atoms with E-state index in [0.29, 0.717) is 5.56 Å². The van der Waals surface area contributed by atoms with Gasteiger partial charge in [0.15, 0.2) is 0 Å². The molecule has 2 rings (SSSR count). The van der Waals surface area contributed by atoms with Crippen LogP contribution in [-0.4, -0.2) is 6.03 Å². The van der Waals surface area contributed by atoms with E-state index in [2.05, 4.69) is 10.6 Å². The number of hydrogen-bond donors (Lipinski definition) is 2. The van der Waals surface area contributed by atoms with Gasteiger partial charge >= 0.3 is 6.03 Å². The molecule has 2 amide bonds. The summed E-state index contributed by atoms with van der Waals surface area (Å²) in [7, 11) is 0. The van der Waals surface area contributed by atoms with Crippen LogP contribution in [0.4, 0.5) is 23.7 Å². The zero-order valence-corrected chi connectivity index (χ0v) is 10.7. The van der Waals surface area contributed by atoms with Gasteiger partial charge in [0.2, 0.25) is 0 Å². The summed E-state index contributed by atoms with van der Waals surface area (Å²) < 4.78 is 39.1. The van der Waals surface area contributed by atoms with Crippen LogP contribution in [0.25, 0.3) is 6.08 Å². The fourth-order valence-corrected chi connectivity index (χ4v) is 1.58. The van der Waals surface area contributed by atoms with E-state index in [4.69, 9.17) is 0 Å². The second kappa shape index (κ2) is 6.60. The first-order chi connectivity index (χ1) is 10.0. The van der Waals surface area contributed by atoms with Crippen LogP contribution in [0.2, 0.25) is 0 Å². The molecule has 21 heavy (non-hydrogen) atoms. The van der Waals surface area contributed by atoms with Gasteiger partial charge in [-0.05, 0) is 35.9 Å². The molecule has 2 aromatic carbocycles. The van der Waals surface area contributed by atoms with Gasteiger partial charge in [-0.3, -0.25) is 0 Å². The molecule has 0 spiro atoms. The van der Waals surface area contributed by atoms with Crippen molar-refractivity contribution in [2.45, 2.75) is 0 Å². The van der Waals surface area contributed by atoms with Crippen molar-refractivity contribution < 1.29 is 18.0 Å². The van der Waals surface area contributed by atoms with Gasteiger partial charge in [0, 0.05) is 12.3 Å². The number of carbonyl (C=O) groups excluding carboxylic acids is 1. The van der Waals surface area contributed by atoms with Crippen LogP contribution in [0.15, 0.2) is 48.7 Å². The van der Waals surface area contributed by atoms with Crippen molar-refractivity contribution in [3.63, 3.8) is 0 Å². The molecule has 6 heteroatoms. The van der Waals surface area contributed by atoms with Crippen LogP contribution in [0.3, 0.4) is 0 Å². The highest BCUT2D eigenvalue weighted by Crippen LogP contribution is 2.14. The third-order valence-corrected chi connectivity index (χ3v) is 2.52.